The molecule has 8 rings (SSSR count). The van der Waals surface area contributed by atoms with E-state index in [2.05, 4.69) is 32.1 Å². The van der Waals surface area contributed by atoms with E-state index in [1.165, 1.54) is 15.6 Å². The molecule has 0 aliphatic heterocycles. The molecule has 1 heterocycles. The first-order valence-corrected chi connectivity index (χ1v) is 18.7. The zero-order valence-electron chi connectivity index (χ0n) is 26.0. The predicted octanol–water partition coefficient (Wildman–Crippen LogP) is 6.62. The van der Waals surface area contributed by atoms with E-state index in [4.69, 9.17) is 0 Å². The SMILES string of the molecule is CCCN(C[C@]1(O)CC[C@H]2[C@]34C=C[C@@]5(C=C3C(=O)c3ccccc3)CC(O)CC[C@]5(C)[C@H]4CC[C@@]21C)S(=O)(=O)c1cccs1. The maximum atomic E-state index is 14.6. The van der Waals surface area contributed by atoms with E-state index < -0.39 is 32.6 Å². The summed E-state index contributed by atoms with van der Waals surface area (Å²) >= 11 is 1.21. The van der Waals surface area contributed by atoms with Crippen LogP contribution in [0.15, 0.2) is 75.9 Å². The molecule has 1 aromatic heterocycles. The molecular formula is C36H45NO5S2. The van der Waals surface area contributed by atoms with Crippen molar-refractivity contribution < 1.29 is 23.4 Å². The molecule has 6 aliphatic rings. The fourth-order valence-electron chi connectivity index (χ4n) is 10.7. The highest BCUT2D eigenvalue weighted by Crippen LogP contribution is 2.78. The zero-order chi connectivity index (χ0) is 31.2. The minimum atomic E-state index is -3.75. The van der Waals surface area contributed by atoms with Crippen LogP contribution in [0, 0.1) is 33.5 Å². The summed E-state index contributed by atoms with van der Waals surface area (Å²) in [4.78, 5) is 14.6. The number of ketones is 1. The number of aliphatic hydroxyl groups is 2. The molecule has 3 fully saturated rings. The Balaban J connectivity index is 1.34. The number of aliphatic hydroxyl groups excluding tert-OH is 1. The monoisotopic (exact) mass is 635 g/mol. The van der Waals surface area contributed by atoms with E-state index in [1.807, 2.05) is 37.3 Å². The lowest BCUT2D eigenvalue weighted by Gasteiger charge is -2.71. The van der Waals surface area contributed by atoms with E-state index in [9.17, 15) is 23.4 Å². The summed E-state index contributed by atoms with van der Waals surface area (Å²) in [5, 5.41) is 25.4. The molecule has 8 atom stereocenters. The van der Waals surface area contributed by atoms with Gasteiger partial charge in [-0.2, -0.15) is 4.31 Å². The highest BCUT2D eigenvalue weighted by atomic mass is 32.2. The molecule has 8 heteroatoms. The number of Topliss-reactive ketones (excluding diaryl/α,β-unsaturated/α-hetero) is 1. The summed E-state index contributed by atoms with van der Waals surface area (Å²) in [5.74, 6) is 0.208. The third kappa shape index (κ3) is 3.93. The molecule has 1 aromatic carbocycles. The lowest BCUT2D eigenvalue weighted by molar-refractivity contribution is -0.173. The van der Waals surface area contributed by atoms with Gasteiger partial charge in [0.25, 0.3) is 10.0 Å². The van der Waals surface area contributed by atoms with E-state index in [0.29, 0.717) is 35.6 Å². The zero-order valence-corrected chi connectivity index (χ0v) is 27.7. The van der Waals surface area contributed by atoms with Crippen LogP contribution in [0.1, 0.15) is 82.5 Å². The van der Waals surface area contributed by atoms with Crippen molar-refractivity contribution in [1.82, 2.24) is 4.31 Å². The molecule has 2 spiro atoms. The summed E-state index contributed by atoms with van der Waals surface area (Å²) in [5.41, 5.74) is -1.40. The van der Waals surface area contributed by atoms with Crippen molar-refractivity contribution in [3.05, 3.63) is 77.2 Å². The van der Waals surface area contributed by atoms with Gasteiger partial charge in [-0.3, -0.25) is 4.79 Å². The number of hydrogen-bond acceptors (Lipinski definition) is 6. The second-order valence-electron chi connectivity index (χ2n) is 14.8. The average Bonchev–Trinajstić information content (AvgIpc) is 3.64. The van der Waals surface area contributed by atoms with Crippen molar-refractivity contribution in [2.75, 3.05) is 13.1 Å². The van der Waals surface area contributed by atoms with Crippen LogP contribution < -0.4 is 0 Å². The van der Waals surface area contributed by atoms with Crippen LogP contribution in [0.2, 0.25) is 0 Å². The quantitative estimate of drug-likeness (QED) is 0.251. The molecule has 0 radical (unpaired) electrons. The van der Waals surface area contributed by atoms with Crippen molar-refractivity contribution >= 4 is 27.1 Å². The number of carbonyl (C=O) groups is 1. The molecule has 236 valence electrons. The van der Waals surface area contributed by atoms with Crippen LogP contribution in [0.5, 0.6) is 0 Å². The second kappa shape index (κ2) is 10.2. The van der Waals surface area contributed by atoms with Crippen LogP contribution in [0.4, 0.5) is 0 Å². The Labute approximate surface area is 265 Å². The molecule has 2 bridgehead atoms. The van der Waals surface area contributed by atoms with Crippen molar-refractivity contribution in [1.29, 1.82) is 0 Å². The van der Waals surface area contributed by atoms with Crippen molar-refractivity contribution in [2.45, 2.75) is 88.1 Å². The minimum Gasteiger partial charge on any atom is -0.393 e. The van der Waals surface area contributed by atoms with Gasteiger partial charge in [-0.1, -0.05) is 75.4 Å². The lowest BCUT2D eigenvalue weighted by atomic mass is 9.32. The topological polar surface area (TPSA) is 94.9 Å². The summed E-state index contributed by atoms with van der Waals surface area (Å²) in [6.07, 6.45) is 12.2. The third-order valence-electron chi connectivity index (χ3n) is 13.0. The molecule has 6 aliphatic carbocycles. The fraction of sp³-hybridized carbons (Fsp3) is 0.583. The molecule has 44 heavy (non-hydrogen) atoms. The number of hydrogen-bond donors (Lipinski definition) is 2. The molecule has 3 saturated carbocycles. The van der Waals surface area contributed by atoms with Crippen molar-refractivity contribution in [2.24, 2.45) is 33.5 Å². The maximum Gasteiger partial charge on any atom is 0.252 e. The Morgan fingerprint density at radius 3 is 2.39 bits per heavy atom. The van der Waals surface area contributed by atoms with Gasteiger partial charge in [-0.25, -0.2) is 8.42 Å². The number of carbonyl (C=O) groups excluding carboxylic acids is 1. The first-order valence-electron chi connectivity index (χ1n) is 16.3. The Bertz CT molecular complexity index is 1620. The largest absolute Gasteiger partial charge is 0.393 e. The Morgan fingerprint density at radius 1 is 0.977 bits per heavy atom. The van der Waals surface area contributed by atoms with E-state index in [0.717, 1.165) is 37.7 Å². The number of sulfonamides is 1. The number of allylic oxidation sites excluding steroid dienone is 4. The number of benzene rings is 1. The van der Waals surface area contributed by atoms with Crippen molar-refractivity contribution in [3.63, 3.8) is 0 Å². The second-order valence-corrected chi connectivity index (χ2v) is 17.9. The van der Waals surface area contributed by atoms with Gasteiger partial charge in [-0.15, -0.1) is 11.3 Å². The maximum absolute atomic E-state index is 14.6. The Morgan fingerprint density at radius 2 is 1.68 bits per heavy atom. The summed E-state index contributed by atoms with van der Waals surface area (Å²) in [6, 6.07) is 12.9. The first-order chi connectivity index (χ1) is 20.9. The van der Waals surface area contributed by atoms with Gasteiger partial charge in [0, 0.05) is 40.5 Å². The molecule has 6 nitrogen and oxygen atoms in total. The fourth-order valence-corrected chi connectivity index (χ4v) is 13.4. The first kappa shape index (κ1) is 30.5. The van der Waals surface area contributed by atoms with Crippen LogP contribution in [-0.4, -0.2) is 53.5 Å². The molecule has 1 unspecified atom stereocenters. The normalized spacial score (nSPS) is 40.8. The van der Waals surface area contributed by atoms with E-state index >= 15 is 0 Å². The summed E-state index contributed by atoms with van der Waals surface area (Å²) in [7, 11) is -3.75. The van der Waals surface area contributed by atoms with E-state index in [1.54, 1.807) is 17.5 Å². The number of nitrogens with zero attached hydrogens (tertiary/aromatic N) is 1. The summed E-state index contributed by atoms with van der Waals surface area (Å²) in [6.45, 7) is 6.91. The lowest BCUT2D eigenvalue weighted by Crippen LogP contribution is -2.67. The van der Waals surface area contributed by atoms with Gasteiger partial charge in [0.2, 0.25) is 0 Å². The van der Waals surface area contributed by atoms with Crippen LogP contribution in [-0.2, 0) is 10.0 Å². The number of fused-ring (bicyclic) bond motifs is 1. The Hall–Kier alpha value is -2.10. The standard InChI is InChI=1S/C36H45NO5S2/c1-4-20-37(44(41,42)30-11-8-21-43-30)24-35(40)17-14-29-33(35,3)16-13-28-32(2)15-12-26(38)22-34(32)18-19-36(28,29)27(23-34)31(39)25-9-6-5-7-10-25/h5-11,18-19,21,23,26,28-29,38,40H,4,12-17,20,22,24H2,1-3H3/t26?,28-,29-,32-,33+,34+,35-,36-/m1/s1. The van der Waals surface area contributed by atoms with Crippen LogP contribution in [0.25, 0.3) is 0 Å². The minimum absolute atomic E-state index is 0.0243. The molecular weight excluding hydrogens is 591 g/mol. The van der Waals surface area contributed by atoms with Gasteiger partial charge < -0.3 is 10.2 Å². The van der Waals surface area contributed by atoms with Gasteiger partial charge >= 0.3 is 0 Å². The summed E-state index contributed by atoms with van der Waals surface area (Å²) < 4.78 is 29.4. The average molecular weight is 636 g/mol. The highest BCUT2D eigenvalue weighted by Gasteiger charge is 2.74. The molecule has 2 N–H and O–H groups in total. The van der Waals surface area contributed by atoms with Gasteiger partial charge in [0.15, 0.2) is 5.78 Å². The molecule has 0 saturated heterocycles. The van der Waals surface area contributed by atoms with Crippen LogP contribution >= 0.6 is 11.3 Å². The smallest absolute Gasteiger partial charge is 0.252 e. The molecule has 0 amide bonds. The van der Waals surface area contributed by atoms with Gasteiger partial charge in [0.1, 0.15) is 4.21 Å². The van der Waals surface area contributed by atoms with Crippen LogP contribution in [0.3, 0.4) is 0 Å². The number of thiophene rings is 1. The van der Waals surface area contributed by atoms with Gasteiger partial charge in [-0.05, 0) is 80.1 Å². The molecule has 2 aromatic rings. The highest BCUT2D eigenvalue weighted by molar-refractivity contribution is 7.91. The Kier molecular flexibility index (Phi) is 7.08. The third-order valence-corrected chi connectivity index (χ3v) is 16.2. The predicted molar refractivity (Wildman–Crippen MR) is 173 cm³/mol. The van der Waals surface area contributed by atoms with Gasteiger partial charge in [0.05, 0.1) is 11.7 Å². The van der Waals surface area contributed by atoms with Crippen molar-refractivity contribution in [3.8, 4) is 0 Å². The number of rotatable bonds is 8. The van der Waals surface area contributed by atoms with E-state index in [-0.39, 0.29) is 35.0 Å².